The second kappa shape index (κ2) is 9.80. The fraction of sp³-hybridized carbons (Fsp3) is 0.250. The average molecular weight is 454 g/mol. The van der Waals surface area contributed by atoms with E-state index in [-0.39, 0.29) is 0 Å². The van der Waals surface area contributed by atoms with Gasteiger partial charge in [-0.1, -0.05) is 54.6 Å². The lowest BCUT2D eigenvalue weighted by Gasteiger charge is -2.28. The van der Waals surface area contributed by atoms with Crippen molar-refractivity contribution in [1.29, 1.82) is 5.26 Å². The standard InChI is InChI=1S/C27H25N3O2.CH2O/c28-17-22-10-11-24(29-27(26(31)32)15-20-8-4-5-9-21(20)16-27)14-25(22)30-13-12-23(18-30)19-6-2-1-3-7-19;1-2/h1-11,14,23,29H,12-13,15-16,18H2,(H,31,32);1H2. The molecule has 2 aliphatic rings. The van der Waals surface area contributed by atoms with Crippen LogP contribution in [0.5, 0.6) is 0 Å². The van der Waals surface area contributed by atoms with Gasteiger partial charge >= 0.3 is 5.97 Å². The smallest absolute Gasteiger partial charge is 0.330 e. The van der Waals surface area contributed by atoms with Gasteiger partial charge in [-0.05, 0) is 41.3 Å². The molecule has 0 bridgehead atoms. The first kappa shape index (κ1) is 23.1. The molecule has 0 amide bonds. The Bertz CT molecular complexity index is 1190. The lowest BCUT2D eigenvalue weighted by Crippen LogP contribution is -2.47. The van der Waals surface area contributed by atoms with E-state index in [1.807, 2.05) is 49.3 Å². The number of rotatable bonds is 5. The topological polar surface area (TPSA) is 93.4 Å². The number of benzene rings is 3. The molecule has 1 unspecified atom stereocenters. The summed E-state index contributed by atoms with van der Waals surface area (Å²) in [5.41, 5.74) is 4.60. The minimum Gasteiger partial charge on any atom is -0.479 e. The van der Waals surface area contributed by atoms with Crippen LogP contribution in [-0.4, -0.2) is 36.5 Å². The second-order valence-electron chi connectivity index (χ2n) is 8.82. The molecule has 0 spiro atoms. The Morgan fingerprint density at radius 2 is 1.68 bits per heavy atom. The molecule has 1 saturated heterocycles. The molecule has 3 aromatic rings. The zero-order valence-electron chi connectivity index (χ0n) is 18.9. The van der Waals surface area contributed by atoms with Gasteiger partial charge in [0.05, 0.1) is 11.3 Å². The monoisotopic (exact) mass is 453 g/mol. The van der Waals surface area contributed by atoms with Crippen LogP contribution in [-0.2, 0) is 22.4 Å². The highest BCUT2D eigenvalue weighted by molar-refractivity contribution is 5.86. The molecule has 6 heteroatoms. The number of hydrogen-bond donors (Lipinski definition) is 2. The lowest BCUT2D eigenvalue weighted by atomic mass is 9.95. The third-order valence-corrected chi connectivity index (χ3v) is 6.81. The van der Waals surface area contributed by atoms with Gasteiger partial charge in [0.25, 0.3) is 0 Å². The predicted molar refractivity (Wildman–Crippen MR) is 132 cm³/mol. The van der Waals surface area contributed by atoms with Crippen LogP contribution in [0.1, 0.15) is 34.6 Å². The van der Waals surface area contributed by atoms with Gasteiger partial charge in [-0.2, -0.15) is 5.26 Å². The number of nitrogens with zero attached hydrogens (tertiary/aromatic N) is 2. The molecule has 2 N–H and O–H groups in total. The quantitative estimate of drug-likeness (QED) is 0.595. The Hall–Kier alpha value is -4.11. The van der Waals surface area contributed by atoms with Gasteiger partial charge in [-0.3, -0.25) is 0 Å². The summed E-state index contributed by atoms with van der Waals surface area (Å²) >= 11 is 0. The molecule has 6 nitrogen and oxygen atoms in total. The molecule has 1 heterocycles. The maximum atomic E-state index is 12.3. The highest BCUT2D eigenvalue weighted by Gasteiger charge is 2.44. The minimum atomic E-state index is -1.08. The van der Waals surface area contributed by atoms with Crippen LogP contribution in [0.4, 0.5) is 11.4 Å². The molecule has 1 atom stereocenters. The first-order valence-corrected chi connectivity index (χ1v) is 11.3. The first-order chi connectivity index (χ1) is 16.6. The van der Waals surface area contributed by atoms with Crippen LogP contribution < -0.4 is 10.2 Å². The van der Waals surface area contributed by atoms with Crippen molar-refractivity contribution in [2.45, 2.75) is 30.7 Å². The Labute approximate surface area is 199 Å². The van der Waals surface area contributed by atoms with Gasteiger partial charge in [-0.15, -0.1) is 0 Å². The van der Waals surface area contributed by atoms with E-state index in [1.54, 1.807) is 6.07 Å². The molecule has 0 saturated carbocycles. The van der Waals surface area contributed by atoms with Crippen molar-refractivity contribution in [3.63, 3.8) is 0 Å². The van der Waals surface area contributed by atoms with Crippen molar-refractivity contribution < 1.29 is 14.7 Å². The second-order valence-corrected chi connectivity index (χ2v) is 8.82. The van der Waals surface area contributed by atoms with Gasteiger partial charge in [-0.25, -0.2) is 4.79 Å². The van der Waals surface area contributed by atoms with Gasteiger partial charge in [0, 0.05) is 37.5 Å². The number of carboxylic acids is 1. The van der Waals surface area contributed by atoms with Crippen molar-refractivity contribution >= 4 is 24.1 Å². The zero-order chi connectivity index (χ0) is 24.1. The third-order valence-electron chi connectivity index (χ3n) is 6.81. The van der Waals surface area contributed by atoms with Crippen LogP contribution in [0.25, 0.3) is 0 Å². The van der Waals surface area contributed by atoms with Gasteiger partial charge in [0.1, 0.15) is 18.4 Å². The molecular formula is C28H27N3O3. The average Bonchev–Trinajstić information content (AvgIpc) is 3.51. The van der Waals surface area contributed by atoms with Crippen molar-refractivity contribution in [3.8, 4) is 6.07 Å². The largest absolute Gasteiger partial charge is 0.479 e. The van der Waals surface area contributed by atoms with E-state index >= 15 is 0 Å². The zero-order valence-corrected chi connectivity index (χ0v) is 18.9. The number of hydrogen-bond acceptors (Lipinski definition) is 5. The fourth-order valence-corrected chi connectivity index (χ4v) is 5.13. The predicted octanol–water partition coefficient (Wildman–Crippen LogP) is 4.40. The number of aliphatic carboxylic acids is 1. The van der Waals surface area contributed by atoms with Gasteiger partial charge in [0.15, 0.2) is 0 Å². The summed E-state index contributed by atoms with van der Waals surface area (Å²) in [6.45, 7) is 3.71. The molecule has 3 aromatic carbocycles. The van der Waals surface area contributed by atoms with Crippen LogP contribution in [0.15, 0.2) is 72.8 Å². The molecule has 1 fully saturated rings. The number of anilines is 2. The normalized spacial score (nSPS) is 17.7. The van der Waals surface area contributed by atoms with Crippen molar-refractivity contribution in [3.05, 3.63) is 95.1 Å². The lowest BCUT2D eigenvalue weighted by molar-refractivity contribution is -0.142. The fourth-order valence-electron chi connectivity index (χ4n) is 5.13. The van der Waals surface area contributed by atoms with Gasteiger partial charge < -0.3 is 20.1 Å². The number of nitrogens with one attached hydrogen (secondary N) is 1. The number of nitriles is 1. The summed E-state index contributed by atoms with van der Waals surface area (Å²) in [5, 5.41) is 23.1. The summed E-state index contributed by atoms with van der Waals surface area (Å²) < 4.78 is 0. The van der Waals surface area contributed by atoms with Crippen LogP contribution in [0.3, 0.4) is 0 Å². The van der Waals surface area contributed by atoms with Crippen LogP contribution in [0.2, 0.25) is 0 Å². The molecule has 1 aliphatic carbocycles. The van der Waals surface area contributed by atoms with E-state index in [9.17, 15) is 15.2 Å². The third kappa shape index (κ3) is 4.38. The molecule has 0 aromatic heterocycles. The Balaban J connectivity index is 0.00000133. The highest BCUT2D eigenvalue weighted by atomic mass is 16.4. The maximum Gasteiger partial charge on any atom is 0.330 e. The summed E-state index contributed by atoms with van der Waals surface area (Å²) in [7, 11) is 0. The molecule has 5 rings (SSSR count). The van der Waals surface area contributed by atoms with Gasteiger partial charge in [0.2, 0.25) is 0 Å². The van der Waals surface area contributed by atoms with Crippen LogP contribution in [0, 0.1) is 11.3 Å². The summed E-state index contributed by atoms with van der Waals surface area (Å²) in [6.07, 6.45) is 1.90. The van der Waals surface area contributed by atoms with Crippen molar-refractivity contribution in [1.82, 2.24) is 0 Å². The van der Waals surface area contributed by atoms with Crippen LogP contribution >= 0.6 is 0 Å². The van der Waals surface area contributed by atoms with E-state index in [1.165, 1.54) is 5.56 Å². The van der Waals surface area contributed by atoms with E-state index in [4.69, 9.17) is 4.79 Å². The van der Waals surface area contributed by atoms with E-state index < -0.39 is 11.5 Å². The number of carbonyl (C=O) groups is 2. The summed E-state index contributed by atoms with van der Waals surface area (Å²) in [6, 6.07) is 26.2. The summed E-state index contributed by atoms with van der Waals surface area (Å²) in [4.78, 5) is 22.6. The molecular weight excluding hydrogens is 426 g/mol. The van der Waals surface area contributed by atoms with E-state index in [0.29, 0.717) is 24.3 Å². The number of fused-ring (bicyclic) bond motifs is 1. The molecule has 172 valence electrons. The Kier molecular flexibility index (Phi) is 6.65. The number of carbonyl (C=O) groups excluding carboxylic acids is 1. The first-order valence-electron chi connectivity index (χ1n) is 11.3. The Morgan fingerprint density at radius 3 is 2.29 bits per heavy atom. The minimum absolute atomic E-state index is 0.425. The molecule has 34 heavy (non-hydrogen) atoms. The van der Waals surface area contributed by atoms with E-state index in [2.05, 4.69) is 40.6 Å². The van der Waals surface area contributed by atoms with Crippen molar-refractivity contribution in [2.75, 3.05) is 23.3 Å². The molecule has 1 aliphatic heterocycles. The van der Waals surface area contributed by atoms with Crippen molar-refractivity contribution in [2.24, 2.45) is 0 Å². The highest BCUT2D eigenvalue weighted by Crippen LogP contribution is 2.37. The number of carboxylic acid groups (broad SMARTS) is 1. The SMILES string of the molecule is C=O.N#Cc1ccc(NC2(C(=O)O)Cc3ccccc3C2)cc1N1CCC(c2ccccc2)C1. The maximum absolute atomic E-state index is 12.3. The van der Waals surface area contributed by atoms with E-state index in [0.717, 1.165) is 42.0 Å². The molecule has 0 radical (unpaired) electrons. The Morgan fingerprint density at radius 1 is 1.03 bits per heavy atom. The summed E-state index contributed by atoms with van der Waals surface area (Å²) in [5.74, 6) is -0.432.